The van der Waals surface area contributed by atoms with Crippen LogP contribution in [-0.4, -0.2) is 55.5 Å². The van der Waals surface area contributed by atoms with Crippen LogP contribution in [0.2, 0.25) is 0 Å². The van der Waals surface area contributed by atoms with Crippen LogP contribution in [0, 0.1) is 18.8 Å². The summed E-state index contributed by atoms with van der Waals surface area (Å²) >= 11 is 0. The number of carbonyl (C=O) groups excluding carboxylic acids is 1. The lowest BCUT2D eigenvalue weighted by Crippen LogP contribution is -2.43. The van der Waals surface area contributed by atoms with Crippen LogP contribution in [0.3, 0.4) is 0 Å². The Morgan fingerprint density at radius 2 is 2.00 bits per heavy atom. The van der Waals surface area contributed by atoms with Gasteiger partial charge in [-0.2, -0.15) is 0 Å². The van der Waals surface area contributed by atoms with Crippen LogP contribution >= 0.6 is 0 Å². The standard InChI is InChI=1S/C15H17NO4S/c1-12-13(5-3-9-17)4-2-6-14(12)15(18)16-7-10-21(19,20)11-8-16/h2,4,6,17H,7-11H2,1H3. The molecule has 1 fully saturated rings. The zero-order valence-electron chi connectivity index (χ0n) is 11.8. The lowest BCUT2D eigenvalue weighted by atomic mass is 10.0. The number of hydrogen-bond acceptors (Lipinski definition) is 4. The van der Waals surface area contributed by atoms with E-state index in [1.807, 2.05) is 0 Å². The number of benzene rings is 1. The van der Waals surface area contributed by atoms with E-state index in [1.54, 1.807) is 30.0 Å². The molecule has 1 aliphatic heterocycles. The second-order valence-corrected chi connectivity index (χ2v) is 7.19. The average Bonchev–Trinajstić information content (AvgIpc) is 2.45. The summed E-state index contributed by atoms with van der Waals surface area (Å²) in [6, 6.07) is 5.24. The molecule has 1 aliphatic rings. The summed E-state index contributed by atoms with van der Waals surface area (Å²) in [5.41, 5.74) is 1.97. The first-order valence-corrected chi connectivity index (χ1v) is 8.46. The third-order valence-electron chi connectivity index (χ3n) is 3.50. The molecule has 1 saturated heterocycles. The molecule has 1 N–H and O–H groups in total. The molecule has 1 aromatic carbocycles. The maximum Gasteiger partial charge on any atom is 0.254 e. The molecule has 1 amide bonds. The van der Waals surface area contributed by atoms with Gasteiger partial charge in [0.05, 0.1) is 11.5 Å². The molecule has 2 rings (SSSR count). The van der Waals surface area contributed by atoms with Crippen LogP contribution in [0.15, 0.2) is 18.2 Å². The van der Waals surface area contributed by atoms with Gasteiger partial charge in [-0.25, -0.2) is 8.42 Å². The molecule has 0 aliphatic carbocycles. The van der Waals surface area contributed by atoms with E-state index in [9.17, 15) is 13.2 Å². The third kappa shape index (κ3) is 3.63. The molecule has 0 atom stereocenters. The molecular formula is C15H17NO4S. The number of aliphatic hydroxyl groups excluding tert-OH is 1. The Morgan fingerprint density at radius 1 is 1.33 bits per heavy atom. The Bertz CT molecular complexity index is 699. The second kappa shape index (κ2) is 6.29. The predicted octanol–water partition coefficient (Wildman–Crippen LogP) is 0.209. The van der Waals surface area contributed by atoms with Crippen molar-refractivity contribution in [2.24, 2.45) is 0 Å². The van der Waals surface area contributed by atoms with Gasteiger partial charge in [-0.3, -0.25) is 4.79 Å². The minimum absolute atomic E-state index is 0.0157. The van der Waals surface area contributed by atoms with Crippen LogP contribution in [-0.2, 0) is 9.84 Å². The van der Waals surface area contributed by atoms with Gasteiger partial charge < -0.3 is 10.0 Å². The Morgan fingerprint density at radius 3 is 2.62 bits per heavy atom. The Balaban J connectivity index is 2.24. The monoisotopic (exact) mass is 307 g/mol. The summed E-state index contributed by atoms with van der Waals surface area (Å²) in [7, 11) is -3.01. The van der Waals surface area contributed by atoms with Gasteiger partial charge in [-0.05, 0) is 24.6 Å². The minimum atomic E-state index is -3.01. The summed E-state index contributed by atoms with van der Waals surface area (Å²) in [4.78, 5) is 14.1. The SMILES string of the molecule is Cc1c(C#CCO)cccc1C(=O)N1CCS(=O)(=O)CC1. The first kappa shape index (κ1) is 15.5. The highest BCUT2D eigenvalue weighted by Gasteiger charge is 2.26. The van der Waals surface area contributed by atoms with Gasteiger partial charge in [-0.15, -0.1) is 0 Å². The Labute approximate surface area is 124 Å². The van der Waals surface area contributed by atoms with Crippen molar-refractivity contribution < 1.29 is 18.3 Å². The minimum Gasteiger partial charge on any atom is -0.384 e. The fourth-order valence-electron chi connectivity index (χ4n) is 2.22. The smallest absolute Gasteiger partial charge is 0.254 e. The van der Waals surface area contributed by atoms with Crippen LogP contribution < -0.4 is 0 Å². The molecule has 21 heavy (non-hydrogen) atoms. The number of aliphatic hydroxyl groups is 1. The number of hydrogen-bond donors (Lipinski definition) is 1. The van der Waals surface area contributed by atoms with Crippen LogP contribution in [0.5, 0.6) is 0 Å². The molecule has 0 aromatic heterocycles. The summed E-state index contributed by atoms with van der Waals surface area (Å²) in [6.45, 7) is 2.03. The third-order valence-corrected chi connectivity index (χ3v) is 5.11. The van der Waals surface area contributed by atoms with Gasteiger partial charge in [0, 0.05) is 24.2 Å². The molecule has 112 valence electrons. The average molecular weight is 307 g/mol. The van der Waals surface area contributed by atoms with E-state index in [1.165, 1.54) is 0 Å². The number of carbonyl (C=O) groups is 1. The highest BCUT2D eigenvalue weighted by atomic mass is 32.2. The van der Waals surface area contributed by atoms with Crippen molar-refractivity contribution in [2.75, 3.05) is 31.2 Å². The predicted molar refractivity (Wildman–Crippen MR) is 79.7 cm³/mol. The molecule has 5 nitrogen and oxygen atoms in total. The van der Waals surface area contributed by atoms with Gasteiger partial charge in [0.25, 0.3) is 5.91 Å². The molecule has 0 spiro atoms. The molecule has 1 aromatic rings. The number of rotatable bonds is 1. The number of sulfone groups is 1. The summed E-state index contributed by atoms with van der Waals surface area (Å²) in [6.07, 6.45) is 0. The topological polar surface area (TPSA) is 74.7 Å². The van der Waals surface area contributed by atoms with Crippen LogP contribution in [0.4, 0.5) is 0 Å². The van der Waals surface area contributed by atoms with Gasteiger partial charge in [0.2, 0.25) is 0 Å². The highest BCUT2D eigenvalue weighted by molar-refractivity contribution is 7.91. The van der Waals surface area contributed by atoms with Crippen molar-refractivity contribution in [2.45, 2.75) is 6.92 Å². The van der Waals surface area contributed by atoms with E-state index in [0.717, 1.165) is 5.56 Å². The molecular weight excluding hydrogens is 290 g/mol. The van der Waals surface area contributed by atoms with Crippen LogP contribution in [0.1, 0.15) is 21.5 Å². The van der Waals surface area contributed by atoms with Crippen molar-refractivity contribution in [1.29, 1.82) is 0 Å². The molecule has 0 bridgehead atoms. The normalized spacial score (nSPS) is 17.0. The Kier molecular flexibility index (Phi) is 4.66. The van der Waals surface area contributed by atoms with Crippen molar-refractivity contribution in [3.63, 3.8) is 0 Å². The lowest BCUT2D eigenvalue weighted by molar-refractivity contribution is 0.0769. The van der Waals surface area contributed by atoms with E-state index in [0.29, 0.717) is 11.1 Å². The van der Waals surface area contributed by atoms with Crippen molar-refractivity contribution in [1.82, 2.24) is 4.90 Å². The van der Waals surface area contributed by atoms with E-state index in [2.05, 4.69) is 11.8 Å². The van der Waals surface area contributed by atoms with E-state index >= 15 is 0 Å². The molecule has 1 heterocycles. The zero-order valence-corrected chi connectivity index (χ0v) is 12.6. The second-order valence-electron chi connectivity index (χ2n) is 4.88. The maximum absolute atomic E-state index is 12.5. The fourth-order valence-corrected chi connectivity index (χ4v) is 3.42. The van der Waals surface area contributed by atoms with Crippen molar-refractivity contribution >= 4 is 15.7 Å². The van der Waals surface area contributed by atoms with Crippen molar-refractivity contribution in [3.8, 4) is 11.8 Å². The quantitative estimate of drug-likeness (QED) is 0.753. The number of amides is 1. The largest absolute Gasteiger partial charge is 0.384 e. The van der Waals surface area contributed by atoms with Gasteiger partial charge in [0.15, 0.2) is 9.84 Å². The summed E-state index contributed by atoms with van der Waals surface area (Å²) in [5.74, 6) is 5.23. The van der Waals surface area contributed by atoms with E-state index in [4.69, 9.17) is 5.11 Å². The molecule has 0 radical (unpaired) electrons. The summed E-state index contributed by atoms with van der Waals surface area (Å²) < 4.78 is 22.8. The maximum atomic E-state index is 12.5. The van der Waals surface area contributed by atoms with E-state index in [-0.39, 0.29) is 37.1 Å². The fraction of sp³-hybridized carbons (Fsp3) is 0.400. The first-order valence-electron chi connectivity index (χ1n) is 6.63. The van der Waals surface area contributed by atoms with Gasteiger partial charge >= 0.3 is 0 Å². The van der Waals surface area contributed by atoms with Crippen molar-refractivity contribution in [3.05, 3.63) is 34.9 Å². The lowest BCUT2D eigenvalue weighted by Gasteiger charge is -2.27. The van der Waals surface area contributed by atoms with E-state index < -0.39 is 9.84 Å². The Hall–Kier alpha value is -1.84. The van der Waals surface area contributed by atoms with Gasteiger partial charge in [0.1, 0.15) is 6.61 Å². The number of nitrogens with zero attached hydrogens (tertiary/aromatic N) is 1. The van der Waals surface area contributed by atoms with Gasteiger partial charge in [-0.1, -0.05) is 17.9 Å². The van der Waals surface area contributed by atoms with Crippen LogP contribution in [0.25, 0.3) is 0 Å². The molecule has 6 heteroatoms. The summed E-state index contributed by atoms with van der Waals surface area (Å²) in [5, 5.41) is 8.74. The first-order chi connectivity index (χ1) is 9.94. The zero-order chi connectivity index (χ0) is 15.5. The molecule has 0 saturated carbocycles. The highest BCUT2D eigenvalue weighted by Crippen LogP contribution is 2.17. The molecule has 0 unspecified atom stereocenters.